The maximum atomic E-state index is 12.7. The Balaban J connectivity index is 1.49. The Morgan fingerprint density at radius 1 is 1.21 bits per heavy atom. The van der Waals surface area contributed by atoms with Crippen LogP contribution >= 0.6 is 11.6 Å². The van der Waals surface area contributed by atoms with Crippen molar-refractivity contribution in [1.29, 1.82) is 0 Å². The summed E-state index contributed by atoms with van der Waals surface area (Å²) in [5.74, 6) is 0.141. The van der Waals surface area contributed by atoms with Gasteiger partial charge < -0.3 is 4.90 Å². The van der Waals surface area contributed by atoms with Gasteiger partial charge in [0.2, 0.25) is 10.0 Å². The number of aromatic nitrogens is 1. The van der Waals surface area contributed by atoms with Crippen LogP contribution in [0, 0.1) is 5.92 Å². The van der Waals surface area contributed by atoms with Gasteiger partial charge in [-0.25, -0.2) is 8.42 Å². The number of Topliss-reactive ketones (excluding diaryl/α,β-unsaturated/α-hetero) is 1. The molecule has 0 radical (unpaired) electrons. The lowest BCUT2D eigenvalue weighted by Gasteiger charge is -2.31. The van der Waals surface area contributed by atoms with Crippen LogP contribution < -0.4 is 4.72 Å². The highest BCUT2D eigenvalue weighted by Gasteiger charge is 2.25. The van der Waals surface area contributed by atoms with Gasteiger partial charge in [-0.2, -0.15) is 0 Å². The maximum Gasteiger partial charge on any atom is 0.229 e. The van der Waals surface area contributed by atoms with Crippen molar-refractivity contribution in [2.24, 2.45) is 5.92 Å². The molecule has 28 heavy (non-hydrogen) atoms. The van der Waals surface area contributed by atoms with Gasteiger partial charge in [0.25, 0.3) is 0 Å². The number of hydrogen-bond donors (Lipinski definition) is 1. The lowest BCUT2D eigenvalue weighted by atomic mass is 9.88. The second kappa shape index (κ2) is 9.03. The average molecular weight is 422 g/mol. The molecule has 0 amide bonds. The Morgan fingerprint density at radius 2 is 1.89 bits per heavy atom. The highest BCUT2D eigenvalue weighted by atomic mass is 35.5. The number of sulfonamides is 1. The standard InChI is InChI=1S/C20H24ClN3O3S/c1-28(26,27)23-19-4-2-16(3-5-19)20(25)17-7-10-24(11-8-17)9-6-15-12-18(21)14-22-13-15/h2-5,12-14,17,23H,6-11H2,1H3. The molecular weight excluding hydrogens is 398 g/mol. The number of carbonyl (C=O) groups excluding carboxylic acids is 1. The van der Waals surface area contributed by atoms with Gasteiger partial charge in [0, 0.05) is 36.1 Å². The van der Waals surface area contributed by atoms with E-state index in [1.165, 1.54) is 0 Å². The minimum absolute atomic E-state index is 0.0119. The highest BCUT2D eigenvalue weighted by Crippen LogP contribution is 2.23. The Morgan fingerprint density at radius 3 is 2.50 bits per heavy atom. The molecule has 2 aromatic rings. The van der Waals surface area contributed by atoms with E-state index in [0.29, 0.717) is 16.3 Å². The van der Waals surface area contributed by atoms with E-state index in [1.807, 2.05) is 12.3 Å². The number of nitrogens with zero attached hydrogens (tertiary/aromatic N) is 2. The first-order valence-corrected chi connectivity index (χ1v) is 11.5. The number of pyridine rings is 1. The molecule has 0 bridgehead atoms. The van der Waals surface area contributed by atoms with E-state index in [-0.39, 0.29) is 11.7 Å². The number of halogens is 1. The molecule has 1 aromatic heterocycles. The average Bonchev–Trinajstić information content (AvgIpc) is 2.66. The smallest absolute Gasteiger partial charge is 0.229 e. The molecule has 8 heteroatoms. The number of benzene rings is 1. The van der Waals surface area contributed by atoms with Crippen molar-refractivity contribution >= 4 is 33.1 Å². The van der Waals surface area contributed by atoms with Gasteiger partial charge in [-0.3, -0.25) is 14.5 Å². The van der Waals surface area contributed by atoms with Gasteiger partial charge >= 0.3 is 0 Å². The van der Waals surface area contributed by atoms with E-state index in [1.54, 1.807) is 30.5 Å². The Bertz CT molecular complexity index is 924. The number of hydrogen-bond acceptors (Lipinski definition) is 5. The largest absolute Gasteiger partial charge is 0.303 e. The molecule has 0 unspecified atom stereocenters. The van der Waals surface area contributed by atoms with Crippen LogP contribution in [0.4, 0.5) is 5.69 Å². The van der Waals surface area contributed by atoms with Crippen molar-refractivity contribution < 1.29 is 13.2 Å². The molecule has 0 atom stereocenters. The third-order valence-corrected chi connectivity index (χ3v) is 5.72. The summed E-state index contributed by atoms with van der Waals surface area (Å²) in [5, 5.41) is 0.652. The summed E-state index contributed by atoms with van der Waals surface area (Å²) >= 11 is 5.97. The van der Waals surface area contributed by atoms with Gasteiger partial charge in [-0.15, -0.1) is 0 Å². The van der Waals surface area contributed by atoms with Gasteiger partial charge in [-0.05, 0) is 68.2 Å². The zero-order valence-corrected chi connectivity index (χ0v) is 17.3. The van der Waals surface area contributed by atoms with Gasteiger partial charge in [-0.1, -0.05) is 11.6 Å². The number of likely N-dealkylation sites (tertiary alicyclic amines) is 1. The van der Waals surface area contributed by atoms with E-state index in [0.717, 1.165) is 50.7 Å². The molecule has 0 aliphatic carbocycles. The van der Waals surface area contributed by atoms with Crippen molar-refractivity contribution in [3.05, 3.63) is 58.9 Å². The quantitative estimate of drug-likeness (QED) is 0.694. The lowest BCUT2D eigenvalue weighted by molar-refractivity contribution is 0.0841. The first-order chi connectivity index (χ1) is 13.3. The maximum absolute atomic E-state index is 12.7. The van der Waals surface area contributed by atoms with E-state index < -0.39 is 10.0 Å². The summed E-state index contributed by atoms with van der Waals surface area (Å²) in [7, 11) is -3.32. The topological polar surface area (TPSA) is 79.4 Å². The Labute approximate surface area is 171 Å². The molecule has 2 heterocycles. The molecule has 1 aliphatic rings. The predicted molar refractivity (Wildman–Crippen MR) is 111 cm³/mol. The first-order valence-electron chi connectivity index (χ1n) is 9.24. The van der Waals surface area contributed by atoms with Gasteiger partial charge in [0.05, 0.1) is 11.3 Å². The van der Waals surface area contributed by atoms with Gasteiger partial charge in [0.1, 0.15) is 0 Å². The summed E-state index contributed by atoms with van der Waals surface area (Å²) in [6.45, 7) is 2.70. The van der Waals surface area contributed by atoms with E-state index in [4.69, 9.17) is 11.6 Å². The van der Waals surface area contributed by atoms with Crippen LogP contribution in [-0.4, -0.2) is 50.0 Å². The molecule has 3 rings (SSSR count). The number of piperidine rings is 1. The van der Waals surface area contributed by atoms with E-state index >= 15 is 0 Å². The van der Waals surface area contributed by atoms with Crippen LogP contribution in [-0.2, 0) is 16.4 Å². The molecule has 0 spiro atoms. The summed E-state index contributed by atoms with van der Waals surface area (Å²) < 4.78 is 24.9. The fourth-order valence-corrected chi connectivity index (χ4v) is 4.21. The fourth-order valence-electron chi connectivity index (χ4n) is 3.45. The van der Waals surface area contributed by atoms with Crippen molar-refractivity contribution in [3.63, 3.8) is 0 Å². The molecular formula is C20H24ClN3O3S. The second-order valence-electron chi connectivity index (χ2n) is 7.19. The summed E-state index contributed by atoms with van der Waals surface area (Å²) in [6.07, 6.45) is 7.12. The SMILES string of the molecule is CS(=O)(=O)Nc1ccc(C(=O)C2CCN(CCc3cncc(Cl)c3)CC2)cc1. The van der Waals surface area contributed by atoms with Crippen LogP contribution in [0.3, 0.4) is 0 Å². The monoisotopic (exact) mass is 421 g/mol. The molecule has 0 saturated carbocycles. The minimum atomic E-state index is -3.32. The Hall–Kier alpha value is -1.96. The molecule has 1 N–H and O–H groups in total. The third-order valence-electron chi connectivity index (χ3n) is 4.91. The van der Waals surface area contributed by atoms with Crippen molar-refractivity contribution in [2.45, 2.75) is 19.3 Å². The predicted octanol–water partition coefficient (Wildman–Crippen LogP) is 3.24. The van der Waals surface area contributed by atoms with Crippen molar-refractivity contribution in [2.75, 3.05) is 30.6 Å². The number of carbonyl (C=O) groups is 1. The molecule has 6 nitrogen and oxygen atoms in total. The van der Waals surface area contributed by atoms with E-state index in [9.17, 15) is 13.2 Å². The molecule has 1 saturated heterocycles. The molecule has 150 valence electrons. The van der Waals surface area contributed by atoms with Crippen LogP contribution in [0.5, 0.6) is 0 Å². The normalized spacial score (nSPS) is 16.1. The highest BCUT2D eigenvalue weighted by molar-refractivity contribution is 7.92. The fraction of sp³-hybridized carbons (Fsp3) is 0.400. The zero-order chi connectivity index (χ0) is 20.1. The third kappa shape index (κ3) is 6.02. The molecule has 1 aliphatic heterocycles. The second-order valence-corrected chi connectivity index (χ2v) is 9.38. The summed E-state index contributed by atoms with van der Waals surface area (Å²) in [6, 6.07) is 8.57. The van der Waals surface area contributed by atoms with Crippen molar-refractivity contribution in [1.82, 2.24) is 9.88 Å². The number of ketones is 1. The van der Waals surface area contributed by atoms with E-state index in [2.05, 4.69) is 14.6 Å². The number of rotatable bonds is 7. The molecule has 1 fully saturated rings. The van der Waals surface area contributed by atoms with Crippen LogP contribution in [0.15, 0.2) is 42.7 Å². The lowest BCUT2D eigenvalue weighted by Crippen LogP contribution is -2.37. The number of anilines is 1. The van der Waals surface area contributed by atoms with Crippen molar-refractivity contribution in [3.8, 4) is 0 Å². The summed E-state index contributed by atoms with van der Waals surface area (Å²) in [5.41, 5.74) is 2.21. The number of nitrogens with one attached hydrogen (secondary N) is 1. The zero-order valence-electron chi connectivity index (χ0n) is 15.8. The minimum Gasteiger partial charge on any atom is -0.303 e. The Kier molecular flexibility index (Phi) is 6.69. The summed E-state index contributed by atoms with van der Waals surface area (Å²) in [4.78, 5) is 19.2. The van der Waals surface area contributed by atoms with Crippen LogP contribution in [0.1, 0.15) is 28.8 Å². The van der Waals surface area contributed by atoms with Crippen LogP contribution in [0.2, 0.25) is 5.02 Å². The first kappa shape index (κ1) is 20.8. The van der Waals surface area contributed by atoms with Crippen LogP contribution in [0.25, 0.3) is 0 Å². The van der Waals surface area contributed by atoms with Gasteiger partial charge in [0.15, 0.2) is 5.78 Å². The molecule has 1 aromatic carbocycles.